The molecule has 1 aliphatic rings. The number of hydrogen-bond acceptors (Lipinski definition) is 6. The van der Waals surface area contributed by atoms with Crippen LogP contribution in [0.25, 0.3) is 0 Å². The molecule has 0 radical (unpaired) electrons. The van der Waals surface area contributed by atoms with Gasteiger partial charge in [0.25, 0.3) is 0 Å². The van der Waals surface area contributed by atoms with Crippen molar-refractivity contribution >= 4 is 11.8 Å². The molecule has 3 N–H and O–H groups in total. The Labute approximate surface area is 129 Å². The Bertz CT molecular complexity index is 522. The first-order chi connectivity index (χ1) is 10.5. The van der Waals surface area contributed by atoms with Gasteiger partial charge in [-0.25, -0.2) is 0 Å². The lowest BCUT2D eigenvalue weighted by molar-refractivity contribution is -0.124. The third kappa shape index (κ3) is 4.27. The van der Waals surface area contributed by atoms with E-state index in [-0.39, 0.29) is 23.8 Å². The Balaban J connectivity index is 1.81. The summed E-state index contributed by atoms with van der Waals surface area (Å²) in [5.41, 5.74) is 5.30. The Morgan fingerprint density at radius 3 is 2.64 bits per heavy atom. The van der Waals surface area contributed by atoms with Gasteiger partial charge in [0.15, 0.2) is 5.82 Å². The Morgan fingerprint density at radius 1 is 1.45 bits per heavy atom. The van der Waals surface area contributed by atoms with Crippen LogP contribution in [0.1, 0.15) is 43.9 Å². The van der Waals surface area contributed by atoms with Crippen molar-refractivity contribution in [1.29, 1.82) is 0 Å². The van der Waals surface area contributed by atoms with Gasteiger partial charge in [-0.15, -0.1) is 0 Å². The number of rotatable bonds is 6. The minimum atomic E-state index is -0.267. The van der Waals surface area contributed by atoms with Crippen LogP contribution < -0.4 is 11.1 Å². The summed E-state index contributed by atoms with van der Waals surface area (Å²) in [6.45, 7) is 5.40. The van der Waals surface area contributed by atoms with Crippen LogP contribution in [0.4, 0.5) is 0 Å². The van der Waals surface area contributed by atoms with Crippen LogP contribution >= 0.6 is 0 Å². The number of piperidine rings is 1. The number of aromatic nitrogens is 2. The predicted molar refractivity (Wildman–Crippen MR) is 78.6 cm³/mol. The van der Waals surface area contributed by atoms with E-state index < -0.39 is 0 Å². The van der Waals surface area contributed by atoms with E-state index in [2.05, 4.69) is 15.5 Å². The first-order valence-electron chi connectivity index (χ1n) is 7.60. The smallest absolute Gasteiger partial charge is 0.249 e. The minimum Gasteiger partial charge on any atom is -0.369 e. The molecule has 2 amide bonds. The molecule has 8 heteroatoms. The third-order valence-corrected chi connectivity index (χ3v) is 3.94. The van der Waals surface area contributed by atoms with Crippen molar-refractivity contribution in [2.24, 2.45) is 11.7 Å². The lowest BCUT2D eigenvalue weighted by atomic mass is 9.96. The summed E-state index contributed by atoms with van der Waals surface area (Å²) in [5, 5.41) is 6.65. The van der Waals surface area contributed by atoms with Gasteiger partial charge in [0.1, 0.15) is 6.04 Å². The second-order valence-corrected chi connectivity index (χ2v) is 5.66. The highest BCUT2D eigenvalue weighted by Crippen LogP contribution is 2.17. The second kappa shape index (κ2) is 7.35. The second-order valence-electron chi connectivity index (χ2n) is 5.66. The van der Waals surface area contributed by atoms with Crippen molar-refractivity contribution in [3.05, 3.63) is 11.7 Å². The van der Waals surface area contributed by atoms with E-state index in [0.29, 0.717) is 50.6 Å². The highest BCUT2D eigenvalue weighted by atomic mass is 16.5. The highest BCUT2D eigenvalue weighted by Gasteiger charge is 2.25. The molecule has 122 valence electrons. The van der Waals surface area contributed by atoms with E-state index in [1.807, 2.05) is 11.8 Å². The summed E-state index contributed by atoms with van der Waals surface area (Å²) in [4.78, 5) is 29.5. The van der Waals surface area contributed by atoms with Crippen molar-refractivity contribution in [1.82, 2.24) is 20.4 Å². The van der Waals surface area contributed by atoms with Crippen molar-refractivity contribution < 1.29 is 14.1 Å². The maximum atomic E-state index is 12.1. The van der Waals surface area contributed by atoms with Crippen LogP contribution in [0.3, 0.4) is 0 Å². The number of nitrogens with two attached hydrogens (primary N) is 1. The molecule has 1 atom stereocenters. The number of nitrogens with one attached hydrogen (secondary N) is 1. The number of primary amides is 1. The van der Waals surface area contributed by atoms with Gasteiger partial charge >= 0.3 is 0 Å². The van der Waals surface area contributed by atoms with Gasteiger partial charge < -0.3 is 15.6 Å². The lowest BCUT2D eigenvalue weighted by Gasteiger charge is -2.30. The summed E-state index contributed by atoms with van der Waals surface area (Å²) < 4.78 is 5.11. The number of aryl methyl sites for hydroxylation is 1. The Kier molecular flexibility index (Phi) is 5.48. The fourth-order valence-corrected chi connectivity index (χ4v) is 2.61. The maximum Gasteiger partial charge on any atom is 0.249 e. The van der Waals surface area contributed by atoms with Gasteiger partial charge in [-0.2, -0.15) is 4.98 Å². The standard InChI is InChI=1S/C14H23N5O3/c1-3-11(14-16-9(2)18-22-14)17-12(20)8-19-6-4-10(5-7-19)13(15)21/h10-11H,3-8H2,1-2H3,(H2,15,21)(H,17,20)/t11-/m0/s1. The molecule has 0 aromatic carbocycles. The van der Waals surface area contributed by atoms with Gasteiger partial charge in [-0.1, -0.05) is 12.1 Å². The van der Waals surface area contributed by atoms with E-state index in [1.54, 1.807) is 6.92 Å². The number of likely N-dealkylation sites (tertiary alicyclic amines) is 1. The van der Waals surface area contributed by atoms with Crippen LogP contribution in [-0.4, -0.2) is 46.5 Å². The van der Waals surface area contributed by atoms with Crippen molar-refractivity contribution in [2.45, 2.75) is 39.2 Å². The van der Waals surface area contributed by atoms with Gasteiger partial charge in [-0.05, 0) is 39.3 Å². The number of amides is 2. The summed E-state index contributed by atoms with van der Waals surface area (Å²) in [6, 6.07) is -0.267. The van der Waals surface area contributed by atoms with E-state index >= 15 is 0 Å². The van der Waals surface area contributed by atoms with E-state index in [9.17, 15) is 9.59 Å². The van der Waals surface area contributed by atoms with E-state index in [0.717, 1.165) is 0 Å². The first-order valence-corrected chi connectivity index (χ1v) is 7.60. The largest absolute Gasteiger partial charge is 0.369 e. The van der Waals surface area contributed by atoms with Crippen LogP contribution in [0, 0.1) is 12.8 Å². The van der Waals surface area contributed by atoms with Crippen LogP contribution in [-0.2, 0) is 9.59 Å². The SMILES string of the molecule is CC[C@H](NC(=O)CN1CCC(C(N)=O)CC1)c1nc(C)no1. The molecule has 0 bridgehead atoms. The zero-order valence-corrected chi connectivity index (χ0v) is 13.0. The van der Waals surface area contributed by atoms with Gasteiger partial charge in [0, 0.05) is 5.92 Å². The maximum absolute atomic E-state index is 12.1. The van der Waals surface area contributed by atoms with E-state index in [4.69, 9.17) is 10.3 Å². The van der Waals surface area contributed by atoms with Crippen molar-refractivity contribution in [2.75, 3.05) is 19.6 Å². The molecule has 2 rings (SSSR count). The third-order valence-electron chi connectivity index (χ3n) is 3.94. The number of carbonyl (C=O) groups is 2. The Morgan fingerprint density at radius 2 is 2.14 bits per heavy atom. The van der Waals surface area contributed by atoms with Gasteiger partial charge in [0.05, 0.1) is 6.54 Å². The number of carbonyl (C=O) groups excluding carboxylic acids is 2. The molecule has 1 fully saturated rings. The molecule has 1 aliphatic heterocycles. The molecule has 8 nitrogen and oxygen atoms in total. The molecule has 1 aromatic rings. The Hall–Kier alpha value is -1.96. The molecule has 1 saturated heterocycles. The monoisotopic (exact) mass is 309 g/mol. The van der Waals surface area contributed by atoms with Crippen LogP contribution in [0.2, 0.25) is 0 Å². The number of hydrogen-bond donors (Lipinski definition) is 2. The number of nitrogens with zero attached hydrogens (tertiary/aromatic N) is 3. The van der Waals surface area contributed by atoms with Crippen LogP contribution in [0.15, 0.2) is 4.52 Å². The quantitative estimate of drug-likeness (QED) is 0.772. The van der Waals surface area contributed by atoms with E-state index in [1.165, 1.54) is 0 Å². The molecular formula is C14H23N5O3. The fourth-order valence-electron chi connectivity index (χ4n) is 2.61. The highest BCUT2D eigenvalue weighted by molar-refractivity contribution is 5.79. The zero-order chi connectivity index (χ0) is 16.1. The van der Waals surface area contributed by atoms with Gasteiger partial charge in [0.2, 0.25) is 17.7 Å². The summed E-state index contributed by atoms with van der Waals surface area (Å²) in [7, 11) is 0. The molecule has 0 spiro atoms. The molecule has 0 saturated carbocycles. The molecule has 0 aliphatic carbocycles. The summed E-state index contributed by atoms with van der Waals surface area (Å²) in [5.74, 6) is 0.586. The topological polar surface area (TPSA) is 114 Å². The van der Waals surface area contributed by atoms with Gasteiger partial charge in [-0.3, -0.25) is 14.5 Å². The molecule has 22 heavy (non-hydrogen) atoms. The minimum absolute atomic E-state index is 0.0657. The summed E-state index contributed by atoms with van der Waals surface area (Å²) in [6.07, 6.45) is 2.10. The molecule has 0 unspecified atom stereocenters. The van der Waals surface area contributed by atoms with Crippen LogP contribution in [0.5, 0.6) is 0 Å². The van der Waals surface area contributed by atoms with Crippen molar-refractivity contribution in [3.63, 3.8) is 0 Å². The predicted octanol–water partition coefficient (Wildman–Crippen LogP) is 0.143. The normalized spacial score (nSPS) is 18.1. The molecule has 1 aromatic heterocycles. The first kappa shape index (κ1) is 16.4. The molecule has 2 heterocycles. The zero-order valence-electron chi connectivity index (χ0n) is 13.0. The fraction of sp³-hybridized carbons (Fsp3) is 0.714. The lowest BCUT2D eigenvalue weighted by Crippen LogP contribution is -2.44. The average molecular weight is 309 g/mol. The van der Waals surface area contributed by atoms with Crippen molar-refractivity contribution in [3.8, 4) is 0 Å². The molecular weight excluding hydrogens is 286 g/mol. The average Bonchev–Trinajstić information content (AvgIpc) is 2.91. The summed E-state index contributed by atoms with van der Waals surface area (Å²) >= 11 is 0.